The number of nitrogens with zero attached hydrogens (tertiary/aromatic N) is 7. The predicted molar refractivity (Wildman–Crippen MR) is 131 cm³/mol. The fraction of sp³-hybridized carbons (Fsp3) is 0.375. The van der Waals surface area contributed by atoms with E-state index in [1.807, 2.05) is 32.9 Å². The van der Waals surface area contributed by atoms with Gasteiger partial charge >= 0.3 is 0 Å². The average Bonchev–Trinajstić information content (AvgIpc) is 3.46. The van der Waals surface area contributed by atoms with E-state index in [0.29, 0.717) is 36.1 Å². The van der Waals surface area contributed by atoms with Gasteiger partial charge < -0.3 is 15.4 Å². The van der Waals surface area contributed by atoms with Crippen LogP contribution in [-0.2, 0) is 9.53 Å². The minimum Gasteiger partial charge on any atom is -0.368 e. The summed E-state index contributed by atoms with van der Waals surface area (Å²) in [5, 5.41) is 17.0. The van der Waals surface area contributed by atoms with Crippen LogP contribution in [0.4, 0.5) is 16.2 Å². The highest BCUT2D eigenvalue weighted by molar-refractivity contribution is 5.87. The third-order valence-corrected chi connectivity index (χ3v) is 6.43. The molecular formula is C24H27FN10O2. The number of aryl methyl sites for hydroxylation is 2. The average molecular weight is 507 g/mol. The number of nitrogens with one attached hydrogen (secondary N) is 3. The Labute approximate surface area is 212 Å². The Bertz CT molecular complexity index is 1410. The minimum atomic E-state index is -0.968. The summed E-state index contributed by atoms with van der Waals surface area (Å²) < 4.78 is 20.2. The van der Waals surface area contributed by atoms with E-state index in [1.165, 1.54) is 30.4 Å². The van der Waals surface area contributed by atoms with Gasteiger partial charge in [0.15, 0.2) is 17.5 Å². The zero-order valence-corrected chi connectivity index (χ0v) is 20.9. The van der Waals surface area contributed by atoms with Crippen LogP contribution in [-0.4, -0.2) is 58.5 Å². The van der Waals surface area contributed by atoms with Crippen molar-refractivity contribution in [2.24, 2.45) is 0 Å². The zero-order valence-electron chi connectivity index (χ0n) is 20.9. The fourth-order valence-electron chi connectivity index (χ4n) is 4.35. The van der Waals surface area contributed by atoms with E-state index in [-0.39, 0.29) is 11.8 Å². The first kappa shape index (κ1) is 24.4. The summed E-state index contributed by atoms with van der Waals surface area (Å²) in [6.45, 7) is 5.63. The van der Waals surface area contributed by atoms with Crippen LogP contribution in [0.2, 0.25) is 0 Å². The largest absolute Gasteiger partial charge is 0.368 e. The van der Waals surface area contributed by atoms with Gasteiger partial charge in [0, 0.05) is 36.2 Å². The van der Waals surface area contributed by atoms with Crippen LogP contribution in [0.25, 0.3) is 5.82 Å². The normalized spacial score (nSPS) is 19.8. The highest BCUT2D eigenvalue weighted by Gasteiger charge is 2.52. The maximum Gasteiger partial charge on any atom is 0.252 e. The van der Waals surface area contributed by atoms with Crippen molar-refractivity contribution in [3.05, 3.63) is 65.5 Å². The summed E-state index contributed by atoms with van der Waals surface area (Å²) in [7, 11) is 1.54. The minimum absolute atomic E-state index is 0.0396. The number of anilines is 2. The van der Waals surface area contributed by atoms with Crippen molar-refractivity contribution in [1.82, 2.24) is 45.2 Å². The molecule has 0 aliphatic heterocycles. The molecule has 1 aliphatic carbocycles. The Morgan fingerprint density at radius 2 is 2.03 bits per heavy atom. The van der Waals surface area contributed by atoms with E-state index in [9.17, 15) is 9.18 Å². The van der Waals surface area contributed by atoms with Crippen LogP contribution in [0, 0.1) is 19.7 Å². The van der Waals surface area contributed by atoms with Gasteiger partial charge in [-0.05, 0) is 39.7 Å². The van der Waals surface area contributed by atoms with Crippen LogP contribution in [0.1, 0.15) is 54.5 Å². The molecule has 1 amide bonds. The zero-order chi connectivity index (χ0) is 26.2. The number of hydrogen-bond acceptors (Lipinski definition) is 9. The molecule has 3 N–H and O–H groups in total. The summed E-state index contributed by atoms with van der Waals surface area (Å²) in [5.41, 5.74) is 2.17. The number of carbonyl (C=O) groups excluding carboxylic acids is 1. The van der Waals surface area contributed by atoms with Gasteiger partial charge in [-0.1, -0.05) is 0 Å². The molecule has 1 atom stereocenters. The van der Waals surface area contributed by atoms with Crippen molar-refractivity contribution < 1.29 is 13.9 Å². The molecule has 0 bridgehead atoms. The van der Waals surface area contributed by atoms with Crippen LogP contribution in [0.5, 0.6) is 0 Å². The third-order valence-electron chi connectivity index (χ3n) is 6.43. The molecule has 0 radical (unpaired) electrons. The Morgan fingerprint density at radius 1 is 1.22 bits per heavy atom. The molecule has 37 heavy (non-hydrogen) atoms. The van der Waals surface area contributed by atoms with Crippen molar-refractivity contribution in [2.75, 3.05) is 12.4 Å². The number of amides is 1. The lowest BCUT2D eigenvalue weighted by molar-refractivity contribution is -0.158. The molecule has 4 heterocycles. The lowest BCUT2D eigenvalue weighted by Crippen LogP contribution is -2.56. The van der Waals surface area contributed by atoms with Gasteiger partial charge in [-0.15, -0.1) is 0 Å². The molecule has 192 valence electrons. The summed E-state index contributed by atoms with van der Waals surface area (Å²) in [5.74, 6) is 0.808. The van der Waals surface area contributed by atoms with Gasteiger partial charge in [0.25, 0.3) is 5.91 Å². The van der Waals surface area contributed by atoms with Gasteiger partial charge in [0.05, 0.1) is 36.5 Å². The first-order valence-corrected chi connectivity index (χ1v) is 11.8. The van der Waals surface area contributed by atoms with Crippen molar-refractivity contribution in [3.8, 4) is 5.82 Å². The summed E-state index contributed by atoms with van der Waals surface area (Å²) >= 11 is 0. The number of H-pyrrole nitrogens is 1. The first-order valence-electron chi connectivity index (χ1n) is 11.8. The standard InChI is InChI=1S/C24H27FN10O2/c1-13-5-18(31-23(29-13)32-20-6-14(2)33-34-20)16-7-24(8-16,37-4)22(36)30-15(3)19-10-27-21(11-26-19)35-12-17(25)9-28-35/h5-6,9-12,15-16H,7-8H2,1-4H3,(H,30,36)(H2,29,31,32,33,34)/t15-,16?,24?/m0/s1. The number of halogens is 1. The Hall–Kier alpha value is -4.26. The number of aromatic amines is 1. The monoisotopic (exact) mass is 506 g/mol. The maximum absolute atomic E-state index is 13.2. The number of aromatic nitrogens is 8. The van der Waals surface area contributed by atoms with Gasteiger partial charge in [-0.25, -0.2) is 24.0 Å². The second-order valence-electron chi connectivity index (χ2n) is 9.22. The van der Waals surface area contributed by atoms with Crippen molar-refractivity contribution >= 4 is 17.7 Å². The molecule has 1 aliphatic rings. The second-order valence-corrected chi connectivity index (χ2v) is 9.22. The lowest BCUT2D eigenvalue weighted by Gasteiger charge is -2.45. The molecular weight excluding hydrogens is 479 g/mol. The molecule has 4 aromatic heterocycles. The maximum atomic E-state index is 13.2. The topological polar surface area (TPSA) is 148 Å². The van der Waals surface area contributed by atoms with E-state index in [0.717, 1.165) is 23.3 Å². The Balaban J connectivity index is 1.23. The molecule has 13 heteroatoms. The molecule has 0 saturated heterocycles. The van der Waals surface area contributed by atoms with E-state index >= 15 is 0 Å². The molecule has 1 saturated carbocycles. The Morgan fingerprint density at radius 3 is 2.65 bits per heavy atom. The van der Waals surface area contributed by atoms with E-state index in [4.69, 9.17) is 4.74 Å². The number of carbonyl (C=O) groups is 1. The number of ether oxygens (including phenoxy) is 1. The Kier molecular flexibility index (Phi) is 6.38. The number of methoxy groups -OCH3 is 1. The van der Waals surface area contributed by atoms with Crippen molar-refractivity contribution in [1.29, 1.82) is 0 Å². The molecule has 5 rings (SSSR count). The predicted octanol–water partition coefficient (Wildman–Crippen LogP) is 2.81. The summed E-state index contributed by atoms with van der Waals surface area (Å²) in [6, 6.07) is 3.38. The first-order chi connectivity index (χ1) is 17.7. The van der Waals surface area contributed by atoms with Gasteiger partial charge in [-0.3, -0.25) is 14.9 Å². The van der Waals surface area contributed by atoms with E-state index in [2.05, 4.69) is 45.9 Å². The molecule has 4 aromatic rings. The number of rotatable bonds is 8. The van der Waals surface area contributed by atoms with E-state index < -0.39 is 17.5 Å². The van der Waals surface area contributed by atoms with Gasteiger partial charge in [-0.2, -0.15) is 10.2 Å². The molecule has 1 fully saturated rings. The molecule has 12 nitrogen and oxygen atoms in total. The van der Waals surface area contributed by atoms with E-state index in [1.54, 1.807) is 0 Å². The van der Waals surface area contributed by atoms with Gasteiger partial charge in [0.1, 0.15) is 5.60 Å². The van der Waals surface area contributed by atoms with Crippen LogP contribution < -0.4 is 10.6 Å². The summed E-state index contributed by atoms with van der Waals surface area (Å²) in [4.78, 5) is 30.9. The fourth-order valence-corrected chi connectivity index (χ4v) is 4.35. The smallest absolute Gasteiger partial charge is 0.252 e. The second kappa shape index (κ2) is 9.65. The van der Waals surface area contributed by atoms with Crippen molar-refractivity contribution in [3.63, 3.8) is 0 Å². The number of hydrogen-bond donors (Lipinski definition) is 3. The third kappa shape index (κ3) is 5.03. The highest BCUT2D eigenvalue weighted by atomic mass is 19.1. The molecule has 0 aromatic carbocycles. The quantitative estimate of drug-likeness (QED) is 0.328. The molecule has 0 unspecified atom stereocenters. The van der Waals surface area contributed by atoms with Crippen LogP contribution in [0.3, 0.4) is 0 Å². The highest BCUT2D eigenvalue weighted by Crippen LogP contribution is 2.47. The lowest BCUT2D eigenvalue weighted by atomic mass is 9.68. The molecule has 0 spiro atoms. The van der Waals surface area contributed by atoms with Gasteiger partial charge in [0.2, 0.25) is 5.95 Å². The van der Waals surface area contributed by atoms with Crippen LogP contribution in [0.15, 0.2) is 36.9 Å². The SMILES string of the molecule is COC1(C(=O)N[C@@H](C)c2cnc(-n3cc(F)cn3)cn2)CC(c2cc(C)nc(Nc3cc(C)[nH]n3)n2)C1. The summed E-state index contributed by atoms with van der Waals surface area (Å²) in [6.07, 6.45) is 6.27. The van der Waals surface area contributed by atoms with Crippen LogP contribution >= 0.6 is 0 Å². The van der Waals surface area contributed by atoms with Crippen molar-refractivity contribution in [2.45, 2.75) is 51.2 Å².